The highest BCUT2D eigenvalue weighted by atomic mass is 79.9. The Kier molecular flexibility index (Phi) is 5.77. The van der Waals surface area contributed by atoms with Crippen molar-refractivity contribution in [1.29, 1.82) is 5.26 Å². The number of hydrogen-bond donors (Lipinski definition) is 1. The van der Waals surface area contributed by atoms with Crippen LogP contribution in [0.3, 0.4) is 0 Å². The zero-order valence-electron chi connectivity index (χ0n) is 11.9. The Morgan fingerprint density at radius 3 is 2.52 bits per heavy atom. The van der Waals surface area contributed by atoms with Crippen LogP contribution in [0.25, 0.3) is 0 Å². The Hall–Kier alpha value is -0.930. The molecule has 0 saturated heterocycles. The Morgan fingerprint density at radius 1 is 1.29 bits per heavy atom. The van der Waals surface area contributed by atoms with E-state index in [0.717, 1.165) is 19.3 Å². The van der Waals surface area contributed by atoms with Crippen molar-refractivity contribution in [1.82, 2.24) is 0 Å². The highest BCUT2D eigenvalue weighted by molar-refractivity contribution is 9.09. The van der Waals surface area contributed by atoms with Gasteiger partial charge in [-0.05, 0) is 38.0 Å². The number of hydrogen-bond acceptors (Lipinski definition) is 4. The third-order valence-corrected chi connectivity index (χ3v) is 5.59. The summed E-state index contributed by atoms with van der Waals surface area (Å²) in [6, 6.07) is 1.81. The van der Waals surface area contributed by atoms with Crippen LogP contribution in [-0.2, 0) is 0 Å². The van der Waals surface area contributed by atoms with Gasteiger partial charge in [-0.15, -0.1) is 0 Å². The highest BCUT2D eigenvalue weighted by Gasteiger charge is 2.32. The molecule has 21 heavy (non-hydrogen) atoms. The summed E-state index contributed by atoms with van der Waals surface area (Å²) in [7, 11) is 0. The minimum absolute atomic E-state index is 0.0195. The number of rotatable bonds is 3. The van der Waals surface area contributed by atoms with E-state index in [1.54, 1.807) is 0 Å². The van der Waals surface area contributed by atoms with Gasteiger partial charge >= 0.3 is 0 Å². The molecule has 0 aromatic carbocycles. The minimum atomic E-state index is -0.451. The number of nitro groups is 1. The van der Waals surface area contributed by atoms with E-state index < -0.39 is 6.04 Å². The smallest absolute Gasteiger partial charge is 0.213 e. The lowest BCUT2D eigenvalue weighted by molar-refractivity contribution is -0.526. The molecule has 5 nitrogen and oxygen atoms in total. The number of aliphatic hydroxyl groups excluding tert-OH is 1. The van der Waals surface area contributed by atoms with Gasteiger partial charge in [-0.1, -0.05) is 22.0 Å². The molecule has 0 aliphatic heterocycles. The number of nitriles is 1. The van der Waals surface area contributed by atoms with Gasteiger partial charge in [0.25, 0.3) is 0 Å². The standard InChI is InChI=1S/C15H21BrN2O3/c16-13-3-6-15(19)11(8-13)7-12(9-17)10-1-4-14(5-2-10)18(20)21/h7,10-11,13-15,19H,1-6,8H2/b12-7-/t10?,11-,13-,14?,15+/m1/s1. The molecule has 1 N–H and O–H groups in total. The fourth-order valence-corrected chi connectivity index (χ4v) is 4.10. The van der Waals surface area contributed by atoms with Gasteiger partial charge in [-0.2, -0.15) is 5.26 Å². The van der Waals surface area contributed by atoms with Crippen LogP contribution in [0.2, 0.25) is 0 Å². The largest absolute Gasteiger partial charge is 0.393 e. The van der Waals surface area contributed by atoms with Gasteiger partial charge in [-0.25, -0.2) is 0 Å². The molecule has 0 spiro atoms. The molecule has 6 heteroatoms. The van der Waals surface area contributed by atoms with Crippen LogP contribution in [0.15, 0.2) is 11.6 Å². The maximum atomic E-state index is 10.8. The highest BCUT2D eigenvalue weighted by Crippen LogP contribution is 2.35. The van der Waals surface area contributed by atoms with E-state index in [0.29, 0.717) is 36.1 Å². The van der Waals surface area contributed by atoms with Crippen molar-refractivity contribution in [3.05, 3.63) is 21.8 Å². The van der Waals surface area contributed by atoms with Gasteiger partial charge in [0.1, 0.15) is 0 Å². The number of allylic oxidation sites excluding steroid dienone is 1. The predicted octanol–water partition coefficient (Wildman–Crippen LogP) is 3.20. The lowest BCUT2D eigenvalue weighted by atomic mass is 9.78. The molecular formula is C15H21BrN2O3. The molecule has 0 radical (unpaired) electrons. The molecule has 2 rings (SSSR count). The van der Waals surface area contributed by atoms with Gasteiger partial charge in [-0.3, -0.25) is 10.1 Å². The molecule has 0 amide bonds. The van der Waals surface area contributed by atoms with Gasteiger partial charge < -0.3 is 5.11 Å². The van der Waals surface area contributed by atoms with Crippen LogP contribution in [0.5, 0.6) is 0 Å². The van der Waals surface area contributed by atoms with E-state index in [4.69, 9.17) is 0 Å². The molecule has 0 heterocycles. The second kappa shape index (κ2) is 7.37. The molecule has 0 aromatic rings. The zero-order chi connectivity index (χ0) is 15.4. The third-order valence-electron chi connectivity index (χ3n) is 4.76. The van der Waals surface area contributed by atoms with Crippen molar-refractivity contribution in [2.24, 2.45) is 11.8 Å². The number of halogens is 1. The van der Waals surface area contributed by atoms with E-state index in [1.165, 1.54) is 0 Å². The maximum Gasteiger partial charge on any atom is 0.213 e. The van der Waals surface area contributed by atoms with Crippen molar-refractivity contribution in [3.63, 3.8) is 0 Å². The van der Waals surface area contributed by atoms with Crippen LogP contribution in [0.1, 0.15) is 44.9 Å². The molecule has 0 aromatic heterocycles. The van der Waals surface area contributed by atoms with Crippen molar-refractivity contribution in [3.8, 4) is 6.07 Å². The summed E-state index contributed by atoms with van der Waals surface area (Å²) in [6.45, 7) is 0. The number of aliphatic hydroxyl groups is 1. The second-order valence-electron chi connectivity index (χ2n) is 6.17. The first-order valence-electron chi connectivity index (χ1n) is 7.58. The number of alkyl halides is 1. The van der Waals surface area contributed by atoms with Crippen molar-refractivity contribution in [2.75, 3.05) is 0 Å². The summed E-state index contributed by atoms with van der Waals surface area (Å²) >= 11 is 3.59. The Morgan fingerprint density at radius 2 is 1.95 bits per heavy atom. The molecule has 3 atom stereocenters. The molecule has 2 aliphatic rings. The van der Waals surface area contributed by atoms with E-state index in [2.05, 4.69) is 22.0 Å². The zero-order valence-corrected chi connectivity index (χ0v) is 13.5. The van der Waals surface area contributed by atoms with E-state index >= 15 is 0 Å². The maximum absolute atomic E-state index is 10.8. The van der Waals surface area contributed by atoms with Crippen LogP contribution >= 0.6 is 15.9 Å². The second-order valence-corrected chi connectivity index (χ2v) is 7.46. The Labute approximate surface area is 133 Å². The topological polar surface area (TPSA) is 87.2 Å². The van der Waals surface area contributed by atoms with Gasteiger partial charge in [0.05, 0.1) is 12.2 Å². The van der Waals surface area contributed by atoms with Crippen LogP contribution in [-0.4, -0.2) is 27.0 Å². The summed E-state index contributed by atoms with van der Waals surface area (Å²) < 4.78 is 0. The van der Waals surface area contributed by atoms with Crippen molar-refractivity contribution < 1.29 is 10.0 Å². The van der Waals surface area contributed by atoms with Crippen molar-refractivity contribution in [2.45, 2.75) is 61.9 Å². The summed E-state index contributed by atoms with van der Waals surface area (Å²) in [5, 5.41) is 30.3. The van der Waals surface area contributed by atoms with E-state index in [9.17, 15) is 20.5 Å². The van der Waals surface area contributed by atoms with Gasteiger partial charge in [0.15, 0.2) is 0 Å². The van der Waals surface area contributed by atoms with E-state index in [-0.39, 0.29) is 22.9 Å². The SMILES string of the molecule is N#C/C(=C/[C@@H]1C[C@H](Br)CC[C@@H]1O)C1CCC([N+](=O)[O-])CC1. The van der Waals surface area contributed by atoms with Crippen LogP contribution in [0.4, 0.5) is 0 Å². The fourth-order valence-electron chi connectivity index (χ4n) is 3.41. The first-order chi connectivity index (χ1) is 10.0. The monoisotopic (exact) mass is 356 g/mol. The predicted molar refractivity (Wildman–Crippen MR) is 82.5 cm³/mol. The molecular weight excluding hydrogens is 336 g/mol. The normalized spacial score (nSPS) is 37.8. The van der Waals surface area contributed by atoms with Crippen molar-refractivity contribution >= 4 is 15.9 Å². The Balaban J connectivity index is 2.01. The summed E-state index contributed by atoms with van der Waals surface area (Å²) in [5.74, 6) is 0.139. The first kappa shape index (κ1) is 16.4. The quantitative estimate of drug-likeness (QED) is 0.364. The Bertz CT molecular complexity index is 452. The lowest BCUT2D eigenvalue weighted by Crippen LogP contribution is -2.29. The third kappa shape index (κ3) is 4.27. The molecule has 0 unspecified atom stereocenters. The van der Waals surface area contributed by atoms with E-state index in [1.807, 2.05) is 6.08 Å². The van der Waals surface area contributed by atoms with Gasteiger partial charge in [0, 0.05) is 34.1 Å². The number of nitrogens with zero attached hydrogens (tertiary/aromatic N) is 2. The molecule has 116 valence electrons. The average Bonchev–Trinajstić information content (AvgIpc) is 2.48. The first-order valence-corrected chi connectivity index (χ1v) is 8.50. The molecule has 2 fully saturated rings. The fraction of sp³-hybridized carbons (Fsp3) is 0.800. The molecule has 2 aliphatic carbocycles. The summed E-state index contributed by atoms with van der Waals surface area (Å²) in [6.07, 6.45) is 6.60. The van der Waals surface area contributed by atoms with Crippen LogP contribution in [0, 0.1) is 33.3 Å². The molecule has 2 saturated carbocycles. The average molecular weight is 357 g/mol. The lowest BCUT2D eigenvalue weighted by Gasteiger charge is -2.30. The van der Waals surface area contributed by atoms with Gasteiger partial charge in [0.2, 0.25) is 6.04 Å². The molecule has 0 bridgehead atoms. The minimum Gasteiger partial charge on any atom is -0.393 e. The summed E-state index contributed by atoms with van der Waals surface area (Å²) in [5.41, 5.74) is 0.711. The van der Waals surface area contributed by atoms with Crippen LogP contribution < -0.4 is 0 Å². The summed E-state index contributed by atoms with van der Waals surface area (Å²) in [4.78, 5) is 11.0.